The fourth-order valence-corrected chi connectivity index (χ4v) is 2.54. The number of benzene rings is 1. The Labute approximate surface area is 133 Å². The summed E-state index contributed by atoms with van der Waals surface area (Å²) >= 11 is 0. The monoisotopic (exact) mass is 310 g/mol. The van der Waals surface area contributed by atoms with Gasteiger partial charge in [-0.05, 0) is 25.0 Å². The van der Waals surface area contributed by atoms with Crippen LogP contribution >= 0.6 is 0 Å². The second kappa shape index (κ2) is 5.85. The van der Waals surface area contributed by atoms with Crippen LogP contribution in [0.1, 0.15) is 24.5 Å². The molecule has 4 rings (SSSR count). The van der Waals surface area contributed by atoms with Gasteiger partial charge in [0.25, 0.3) is 0 Å². The summed E-state index contributed by atoms with van der Waals surface area (Å²) in [5, 5.41) is 23.6. The largest absolute Gasteiger partial charge is 0.395 e. The molecule has 0 aliphatic heterocycles. The van der Waals surface area contributed by atoms with E-state index in [9.17, 15) is 0 Å². The van der Waals surface area contributed by atoms with Gasteiger partial charge in [-0.3, -0.25) is 5.10 Å². The Hall–Kier alpha value is -2.67. The van der Waals surface area contributed by atoms with E-state index in [4.69, 9.17) is 5.11 Å². The van der Waals surface area contributed by atoms with E-state index in [1.165, 1.54) is 18.5 Å². The number of hydrogen-bond acceptors (Lipinski definition) is 6. The first kappa shape index (κ1) is 14.0. The van der Waals surface area contributed by atoms with Crippen LogP contribution in [0.5, 0.6) is 0 Å². The minimum atomic E-state index is 0.0308. The first-order valence-electron chi connectivity index (χ1n) is 7.77. The van der Waals surface area contributed by atoms with Gasteiger partial charge in [-0.25, -0.2) is 4.98 Å². The number of nitrogens with zero attached hydrogens (tertiary/aromatic N) is 3. The third-order valence-electron chi connectivity index (χ3n) is 3.86. The second-order valence-electron chi connectivity index (χ2n) is 5.67. The standard InChI is InChI=1S/C16H18N6O/c23-8-7-17-16-18-12-4-2-1-3-11(12)15(20-16)19-14-9-13(21-22-14)10-5-6-10/h1-4,9-10,23H,5-8H2,(H3,17,18,19,20,21,22). The molecule has 2 heterocycles. The first-order chi connectivity index (χ1) is 11.3. The highest BCUT2D eigenvalue weighted by molar-refractivity contribution is 5.91. The second-order valence-corrected chi connectivity index (χ2v) is 5.67. The fraction of sp³-hybridized carbons (Fsp3) is 0.312. The van der Waals surface area contributed by atoms with Crippen LogP contribution in [-0.2, 0) is 0 Å². The Kier molecular flexibility index (Phi) is 3.55. The average Bonchev–Trinajstić information content (AvgIpc) is 3.33. The molecule has 1 aromatic carbocycles. The van der Waals surface area contributed by atoms with Gasteiger partial charge in [0, 0.05) is 29.6 Å². The molecule has 0 spiro atoms. The fourth-order valence-electron chi connectivity index (χ4n) is 2.54. The van der Waals surface area contributed by atoms with Crippen molar-refractivity contribution in [2.24, 2.45) is 0 Å². The Morgan fingerprint density at radius 3 is 2.91 bits per heavy atom. The van der Waals surface area contributed by atoms with Crippen molar-refractivity contribution in [3.8, 4) is 0 Å². The number of aromatic amines is 1. The van der Waals surface area contributed by atoms with Gasteiger partial charge < -0.3 is 15.7 Å². The average molecular weight is 310 g/mol. The van der Waals surface area contributed by atoms with Crippen LogP contribution in [0.2, 0.25) is 0 Å². The highest BCUT2D eigenvalue weighted by Gasteiger charge is 2.25. The van der Waals surface area contributed by atoms with E-state index in [-0.39, 0.29) is 6.61 Å². The van der Waals surface area contributed by atoms with Crippen LogP contribution in [0.3, 0.4) is 0 Å². The Balaban J connectivity index is 1.67. The molecular formula is C16H18N6O. The van der Waals surface area contributed by atoms with Gasteiger partial charge in [0.2, 0.25) is 5.95 Å². The van der Waals surface area contributed by atoms with E-state index in [1.54, 1.807) is 0 Å². The number of fused-ring (bicyclic) bond motifs is 1. The summed E-state index contributed by atoms with van der Waals surface area (Å²) in [6, 6.07) is 9.84. The predicted molar refractivity (Wildman–Crippen MR) is 89.0 cm³/mol. The summed E-state index contributed by atoms with van der Waals surface area (Å²) in [7, 11) is 0. The van der Waals surface area contributed by atoms with Crippen molar-refractivity contribution in [2.75, 3.05) is 23.8 Å². The summed E-state index contributed by atoms with van der Waals surface area (Å²) in [4.78, 5) is 8.96. The molecule has 1 fully saturated rings. The molecule has 4 N–H and O–H groups in total. The van der Waals surface area contributed by atoms with Gasteiger partial charge in [-0.2, -0.15) is 10.1 Å². The third-order valence-corrected chi connectivity index (χ3v) is 3.86. The van der Waals surface area contributed by atoms with Crippen LogP contribution in [0.15, 0.2) is 30.3 Å². The van der Waals surface area contributed by atoms with Crippen molar-refractivity contribution in [3.05, 3.63) is 36.0 Å². The molecule has 118 valence electrons. The lowest BCUT2D eigenvalue weighted by atomic mass is 10.2. The number of aliphatic hydroxyl groups excluding tert-OH is 1. The van der Waals surface area contributed by atoms with E-state index < -0.39 is 0 Å². The summed E-state index contributed by atoms with van der Waals surface area (Å²) in [5.41, 5.74) is 2.01. The van der Waals surface area contributed by atoms with E-state index >= 15 is 0 Å². The van der Waals surface area contributed by atoms with Gasteiger partial charge in [0.1, 0.15) is 5.82 Å². The van der Waals surface area contributed by atoms with Crippen LogP contribution in [0.4, 0.5) is 17.6 Å². The molecule has 7 nitrogen and oxygen atoms in total. The quantitative estimate of drug-likeness (QED) is 0.558. The van der Waals surface area contributed by atoms with Gasteiger partial charge in [-0.15, -0.1) is 0 Å². The lowest BCUT2D eigenvalue weighted by molar-refractivity contribution is 0.311. The molecule has 0 unspecified atom stereocenters. The van der Waals surface area contributed by atoms with Crippen LogP contribution in [0, 0.1) is 0 Å². The molecule has 2 aromatic heterocycles. The first-order valence-corrected chi connectivity index (χ1v) is 7.77. The molecule has 3 aromatic rings. The molecule has 7 heteroatoms. The highest BCUT2D eigenvalue weighted by atomic mass is 16.3. The SMILES string of the molecule is OCCNc1nc(Nc2cc(C3CC3)[nH]n2)c2ccccc2n1. The minimum absolute atomic E-state index is 0.0308. The van der Waals surface area contributed by atoms with Crippen molar-refractivity contribution in [1.29, 1.82) is 0 Å². The van der Waals surface area contributed by atoms with Crippen LogP contribution in [0.25, 0.3) is 10.9 Å². The van der Waals surface area contributed by atoms with E-state index in [1.807, 2.05) is 30.3 Å². The summed E-state index contributed by atoms with van der Waals surface area (Å²) < 4.78 is 0. The van der Waals surface area contributed by atoms with Gasteiger partial charge in [0.15, 0.2) is 5.82 Å². The number of nitrogens with one attached hydrogen (secondary N) is 3. The number of hydrogen-bond donors (Lipinski definition) is 4. The molecule has 1 aliphatic rings. The molecule has 23 heavy (non-hydrogen) atoms. The number of aromatic nitrogens is 4. The van der Waals surface area contributed by atoms with Crippen molar-refractivity contribution in [2.45, 2.75) is 18.8 Å². The molecular weight excluding hydrogens is 292 g/mol. The van der Waals surface area contributed by atoms with Gasteiger partial charge in [-0.1, -0.05) is 12.1 Å². The minimum Gasteiger partial charge on any atom is -0.395 e. The maximum atomic E-state index is 8.96. The van der Waals surface area contributed by atoms with Gasteiger partial charge in [0.05, 0.1) is 12.1 Å². The number of para-hydroxylation sites is 1. The van der Waals surface area contributed by atoms with Crippen molar-refractivity contribution >= 4 is 28.5 Å². The molecule has 1 aliphatic carbocycles. The van der Waals surface area contributed by atoms with Crippen LogP contribution < -0.4 is 10.6 Å². The lowest BCUT2D eigenvalue weighted by Gasteiger charge is -2.09. The maximum absolute atomic E-state index is 8.96. The molecule has 0 atom stereocenters. The zero-order valence-electron chi connectivity index (χ0n) is 12.6. The zero-order chi connectivity index (χ0) is 15.6. The Morgan fingerprint density at radius 1 is 1.22 bits per heavy atom. The van der Waals surface area contributed by atoms with Gasteiger partial charge >= 0.3 is 0 Å². The summed E-state index contributed by atoms with van der Waals surface area (Å²) in [6.07, 6.45) is 2.46. The number of H-pyrrole nitrogens is 1. The topological polar surface area (TPSA) is 98.8 Å². The van der Waals surface area contributed by atoms with Crippen molar-refractivity contribution in [3.63, 3.8) is 0 Å². The third kappa shape index (κ3) is 2.95. The predicted octanol–water partition coefficient (Wildman–Crippen LogP) is 2.38. The summed E-state index contributed by atoms with van der Waals surface area (Å²) in [5.74, 6) is 2.56. The molecule has 0 radical (unpaired) electrons. The maximum Gasteiger partial charge on any atom is 0.225 e. The molecule has 0 saturated heterocycles. The van der Waals surface area contributed by atoms with E-state index in [2.05, 4.69) is 30.8 Å². The zero-order valence-corrected chi connectivity index (χ0v) is 12.6. The number of rotatable bonds is 6. The van der Waals surface area contributed by atoms with Crippen molar-refractivity contribution < 1.29 is 5.11 Å². The molecule has 0 amide bonds. The smallest absolute Gasteiger partial charge is 0.225 e. The lowest BCUT2D eigenvalue weighted by Crippen LogP contribution is -2.10. The molecule has 1 saturated carbocycles. The Morgan fingerprint density at radius 2 is 2.09 bits per heavy atom. The number of anilines is 3. The highest BCUT2D eigenvalue weighted by Crippen LogP contribution is 2.39. The molecule has 0 bridgehead atoms. The van der Waals surface area contributed by atoms with Crippen LogP contribution in [-0.4, -0.2) is 38.4 Å². The van der Waals surface area contributed by atoms with E-state index in [0.29, 0.717) is 24.2 Å². The summed E-state index contributed by atoms with van der Waals surface area (Å²) in [6.45, 7) is 0.440. The number of aliphatic hydroxyl groups is 1. The van der Waals surface area contributed by atoms with Crippen molar-refractivity contribution in [1.82, 2.24) is 20.2 Å². The normalized spacial score (nSPS) is 14.1. The van der Waals surface area contributed by atoms with E-state index in [0.717, 1.165) is 16.7 Å². The Bertz CT molecular complexity index is 826.